The lowest BCUT2D eigenvalue weighted by Gasteiger charge is -2.23. The maximum Gasteiger partial charge on any atom is 0.194 e. The number of rotatable bonds is 9. The molecule has 1 unspecified atom stereocenters. The van der Waals surface area contributed by atoms with Crippen LogP contribution in [0.4, 0.5) is 0 Å². The van der Waals surface area contributed by atoms with Crippen LogP contribution < -0.4 is 5.32 Å². The van der Waals surface area contributed by atoms with E-state index in [0.717, 1.165) is 42.9 Å². The summed E-state index contributed by atoms with van der Waals surface area (Å²) in [5.74, 6) is 1.97. The first kappa shape index (κ1) is 21.0. The van der Waals surface area contributed by atoms with Crippen LogP contribution in [0.1, 0.15) is 39.3 Å². The number of aliphatic hydroxyl groups excluding tert-OH is 1. The van der Waals surface area contributed by atoms with Crippen LogP contribution in [-0.2, 0) is 13.6 Å². The SMILES string of the molecule is CCNC(=NCC(CCO)CC(C)C)N(C)Cc1cc(Br)cn1C. The van der Waals surface area contributed by atoms with Crippen LogP contribution >= 0.6 is 15.9 Å². The maximum absolute atomic E-state index is 9.27. The third-order valence-electron chi connectivity index (χ3n) is 4.01. The fourth-order valence-electron chi connectivity index (χ4n) is 2.86. The highest BCUT2D eigenvalue weighted by Crippen LogP contribution is 2.17. The smallest absolute Gasteiger partial charge is 0.194 e. The van der Waals surface area contributed by atoms with Gasteiger partial charge in [0.2, 0.25) is 0 Å². The van der Waals surface area contributed by atoms with Gasteiger partial charge in [-0.3, -0.25) is 4.99 Å². The Balaban J connectivity index is 2.76. The summed E-state index contributed by atoms with van der Waals surface area (Å²) in [7, 11) is 4.11. The molecule has 0 aliphatic rings. The molecule has 1 rings (SSSR count). The highest BCUT2D eigenvalue weighted by atomic mass is 79.9. The summed E-state index contributed by atoms with van der Waals surface area (Å²) in [6.07, 6.45) is 3.97. The number of nitrogens with zero attached hydrogens (tertiary/aromatic N) is 3. The Morgan fingerprint density at radius 3 is 2.67 bits per heavy atom. The van der Waals surface area contributed by atoms with E-state index in [-0.39, 0.29) is 6.61 Å². The summed E-state index contributed by atoms with van der Waals surface area (Å²) in [6.45, 7) is 9.15. The summed E-state index contributed by atoms with van der Waals surface area (Å²) in [4.78, 5) is 6.97. The Labute approximate surface area is 155 Å². The first-order chi connectivity index (χ1) is 11.4. The van der Waals surface area contributed by atoms with Crippen molar-refractivity contribution in [2.24, 2.45) is 23.9 Å². The quantitative estimate of drug-likeness (QED) is 0.494. The number of guanidine groups is 1. The molecule has 2 N–H and O–H groups in total. The molecular formula is C18H33BrN4O. The first-order valence-corrected chi connectivity index (χ1v) is 9.57. The topological polar surface area (TPSA) is 52.8 Å². The molecular weight excluding hydrogens is 368 g/mol. The van der Waals surface area contributed by atoms with Crippen molar-refractivity contribution in [2.45, 2.75) is 40.2 Å². The van der Waals surface area contributed by atoms with Crippen LogP contribution in [0.2, 0.25) is 0 Å². The van der Waals surface area contributed by atoms with Crippen molar-refractivity contribution in [3.05, 3.63) is 22.4 Å². The van der Waals surface area contributed by atoms with Gasteiger partial charge in [0, 0.05) is 50.2 Å². The molecule has 0 aliphatic heterocycles. The Morgan fingerprint density at radius 1 is 1.46 bits per heavy atom. The maximum atomic E-state index is 9.27. The Kier molecular flexibility index (Phi) is 9.44. The van der Waals surface area contributed by atoms with Crippen molar-refractivity contribution >= 4 is 21.9 Å². The number of halogens is 1. The van der Waals surface area contributed by atoms with E-state index < -0.39 is 0 Å². The van der Waals surface area contributed by atoms with Gasteiger partial charge in [-0.05, 0) is 53.6 Å². The predicted octanol–water partition coefficient (Wildman–Crippen LogP) is 3.23. The summed E-state index contributed by atoms with van der Waals surface area (Å²) in [6, 6.07) is 2.13. The van der Waals surface area contributed by atoms with E-state index in [4.69, 9.17) is 4.99 Å². The standard InChI is InChI=1S/C18H33BrN4O/c1-6-20-18(21-11-15(7-8-24)9-14(2)3)23(5)13-17-10-16(19)12-22(17)4/h10,12,14-15,24H,6-9,11,13H2,1-5H3,(H,20,21). The lowest BCUT2D eigenvalue weighted by Crippen LogP contribution is -2.39. The number of aromatic nitrogens is 1. The van der Waals surface area contributed by atoms with E-state index in [2.05, 4.69) is 77.8 Å². The van der Waals surface area contributed by atoms with Gasteiger partial charge >= 0.3 is 0 Å². The Bertz CT molecular complexity index is 513. The van der Waals surface area contributed by atoms with Crippen LogP contribution in [0.15, 0.2) is 21.7 Å². The number of hydrogen-bond donors (Lipinski definition) is 2. The number of aryl methyl sites for hydroxylation is 1. The number of hydrogen-bond acceptors (Lipinski definition) is 2. The molecule has 138 valence electrons. The fourth-order valence-corrected chi connectivity index (χ4v) is 3.43. The zero-order valence-electron chi connectivity index (χ0n) is 15.7. The average molecular weight is 401 g/mol. The molecule has 1 aromatic heterocycles. The van der Waals surface area contributed by atoms with Gasteiger partial charge in [0.15, 0.2) is 5.96 Å². The van der Waals surface area contributed by atoms with E-state index in [0.29, 0.717) is 11.8 Å². The summed E-state index contributed by atoms with van der Waals surface area (Å²) in [5, 5.41) is 12.6. The van der Waals surface area contributed by atoms with Crippen molar-refractivity contribution in [1.29, 1.82) is 0 Å². The molecule has 0 aliphatic carbocycles. The average Bonchev–Trinajstić information content (AvgIpc) is 2.80. The van der Waals surface area contributed by atoms with Gasteiger partial charge in [0.25, 0.3) is 0 Å². The van der Waals surface area contributed by atoms with Crippen molar-refractivity contribution in [3.63, 3.8) is 0 Å². The minimum Gasteiger partial charge on any atom is -0.396 e. The van der Waals surface area contributed by atoms with Crippen molar-refractivity contribution in [3.8, 4) is 0 Å². The minimum absolute atomic E-state index is 0.233. The normalized spacial score (nSPS) is 13.4. The lowest BCUT2D eigenvalue weighted by molar-refractivity contribution is 0.245. The van der Waals surface area contributed by atoms with E-state index in [1.807, 2.05) is 0 Å². The molecule has 0 aromatic carbocycles. The third-order valence-corrected chi connectivity index (χ3v) is 4.45. The van der Waals surface area contributed by atoms with Crippen LogP contribution in [0.3, 0.4) is 0 Å². The highest BCUT2D eigenvalue weighted by molar-refractivity contribution is 9.10. The molecule has 1 heterocycles. The van der Waals surface area contributed by atoms with Crippen LogP contribution in [-0.4, -0.2) is 47.3 Å². The second-order valence-corrected chi connectivity index (χ2v) is 7.73. The third kappa shape index (κ3) is 7.26. The summed E-state index contributed by atoms with van der Waals surface area (Å²) < 4.78 is 3.22. The monoisotopic (exact) mass is 400 g/mol. The van der Waals surface area contributed by atoms with E-state index >= 15 is 0 Å². The number of aliphatic hydroxyl groups is 1. The number of aliphatic imine (C=N–C) groups is 1. The summed E-state index contributed by atoms with van der Waals surface area (Å²) in [5.41, 5.74) is 1.23. The molecule has 0 radical (unpaired) electrons. The second kappa shape index (κ2) is 10.8. The van der Waals surface area contributed by atoms with E-state index in [1.54, 1.807) is 0 Å². The zero-order chi connectivity index (χ0) is 18.1. The van der Waals surface area contributed by atoms with Crippen LogP contribution in [0.5, 0.6) is 0 Å². The molecule has 24 heavy (non-hydrogen) atoms. The molecule has 1 aromatic rings. The molecule has 1 atom stereocenters. The predicted molar refractivity (Wildman–Crippen MR) is 105 cm³/mol. The molecule has 0 bridgehead atoms. The van der Waals surface area contributed by atoms with Crippen molar-refractivity contribution in [1.82, 2.24) is 14.8 Å². The Morgan fingerprint density at radius 2 is 2.17 bits per heavy atom. The number of nitrogens with one attached hydrogen (secondary N) is 1. The van der Waals surface area contributed by atoms with Crippen molar-refractivity contribution in [2.75, 3.05) is 26.7 Å². The fraction of sp³-hybridized carbons (Fsp3) is 0.722. The Hall–Kier alpha value is -1.01. The van der Waals surface area contributed by atoms with Crippen molar-refractivity contribution < 1.29 is 5.11 Å². The van der Waals surface area contributed by atoms with Gasteiger partial charge in [-0.2, -0.15) is 0 Å². The first-order valence-electron chi connectivity index (χ1n) is 8.78. The van der Waals surface area contributed by atoms with Gasteiger partial charge in [0.05, 0.1) is 6.54 Å². The molecule has 0 fully saturated rings. The molecule has 0 saturated carbocycles. The van der Waals surface area contributed by atoms with Gasteiger partial charge < -0.3 is 19.9 Å². The minimum atomic E-state index is 0.233. The van der Waals surface area contributed by atoms with Gasteiger partial charge in [-0.1, -0.05) is 13.8 Å². The van der Waals surface area contributed by atoms with Gasteiger partial charge in [-0.25, -0.2) is 0 Å². The largest absolute Gasteiger partial charge is 0.396 e. The van der Waals surface area contributed by atoms with Gasteiger partial charge in [0.1, 0.15) is 0 Å². The summed E-state index contributed by atoms with van der Waals surface area (Å²) >= 11 is 3.52. The lowest BCUT2D eigenvalue weighted by atomic mass is 9.94. The zero-order valence-corrected chi connectivity index (χ0v) is 17.3. The van der Waals surface area contributed by atoms with Crippen LogP contribution in [0, 0.1) is 11.8 Å². The van der Waals surface area contributed by atoms with Gasteiger partial charge in [-0.15, -0.1) is 0 Å². The molecule has 0 spiro atoms. The molecule has 5 nitrogen and oxygen atoms in total. The molecule has 6 heteroatoms. The van der Waals surface area contributed by atoms with Crippen LogP contribution in [0.25, 0.3) is 0 Å². The van der Waals surface area contributed by atoms with E-state index in [1.165, 1.54) is 5.69 Å². The molecule has 0 saturated heterocycles. The van der Waals surface area contributed by atoms with E-state index in [9.17, 15) is 5.11 Å². The highest BCUT2D eigenvalue weighted by Gasteiger charge is 2.13. The molecule has 0 amide bonds. The second-order valence-electron chi connectivity index (χ2n) is 6.82.